The number of nitrogen functional groups attached to an aromatic ring is 1. The summed E-state index contributed by atoms with van der Waals surface area (Å²) >= 11 is 4.17. The van der Waals surface area contributed by atoms with Gasteiger partial charge in [-0.15, -0.1) is 0 Å². The summed E-state index contributed by atoms with van der Waals surface area (Å²) in [6, 6.07) is 0. The van der Waals surface area contributed by atoms with Crippen molar-refractivity contribution in [1.29, 1.82) is 0 Å². The first kappa shape index (κ1) is 31.8. The van der Waals surface area contributed by atoms with E-state index in [-0.39, 0.29) is 34.8 Å². The Balaban J connectivity index is 1.22. The number of anilines is 1. The van der Waals surface area contributed by atoms with E-state index in [4.69, 9.17) is 38.0 Å². The molecule has 4 aromatic rings. The van der Waals surface area contributed by atoms with Gasteiger partial charge in [-0.1, -0.05) is 12.2 Å². The molecule has 19 nitrogen and oxygen atoms in total. The highest BCUT2D eigenvalue weighted by molar-refractivity contribution is 8.44. The van der Waals surface area contributed by atoms with Gasteiger partial charge in [-0.05, 0) is 6.92 Å². The van der Waals surface area contributed by atoms with Crippen molar-refractivity contribution in [1.82, 2.24) is 39.0 Å². The number of aromatic amines is 1. The van der Waals surface area contributed by atoms with Crippen LogP contribution in [-0.4, -0.2) is 104 Å². The predicted molar refractivity (Wildman–Crippen MR) is 161 cm³/mol. The van der Waals surface area contributed by atoms with Crippen LogP contribution >= 0.6 is 26.5 Å². The topological polar surface area (TPSA) is 232 Å². The van der Waals surface area contributed by atoms with Gasteiger partial charge in [-0.3, -0.25) is 27.5 Å². The Morgan fingerprint density at radius 1 is 1.02 bits per heavy atom. The van der Waals surface area contributed by atoms with Crippen molar-refractivity contribution < 1.29 is 45.8 Å². The van der Waals surface area contributed by atoms with Crippen molar-refractivity contribution >= 4 is 62.2 Å². The van der Waals surface area contributed by atoms with Gasteiger partial charge < -0.3 is 34.0 Å². The second-order valence-electron chi connectivity index (χ2n) is 10.8. The van der Waals surface area contributed by atoms with Gasteiger partial charge >= 0.3 is 6.80 Å². The van der Waals surface area contributed by atoms with Crippen LogP contribution in [0.25, 0.3) is 22.3 Å². The molecule has 0 spiro atoms. The summed E-state index contributed by atoms with van der Waals surface area (Å²) in [5.41, 5.74) is 5.96. The summed E-state index contributed by atoms with van der Waals surface area (Å²) in [5, 5.41) is 0. The van der Waals surface area contributed by atoms with Crippen LogP contribution in [0.5, 0.6) is 0 Å². The van der Waals surface area contributed by atoms with Crippen LogP contribution < -0.4 is 11.3 Å². The van der Waals surface area contributed by atoms with Crippen LogP contribution in [0.1, 0.15) is 18.3 Å². The number of nitrogens with zero attached hydrogens (tertiary/aromatic N) is 7. The molecule has 24 heteroatoms. The normalized spacial score (nSPS) is 37.1. The summed E-state index contributed by atoms with van der Waals surface area (Å²) in [5.74, 6) is 0.382. The second kappa shape index (κ2) is 11.7. The Morgan fingerprint density at radius 3 is 2.48 bits per heavy atom. The molecule has 46 heavy (non-hydrogen) atoms. The fraction of sp³-hybridized carbons (Fsp3) is 0.545. The molecule has 0 saturated carbocycles. The van der Waals surface area contributed by atoms with Crippen LogP contribution in [0.3, 0.4) is 0 Å². The van der Waals surface area contributed by atoms with Crippen LogP contribution in [0.2, 0.25) is 0 Å². The number of H-pyrrole nitrogens is 1. The van der Waals surface area contributed by atoms with Crippen LogP contribution in [0, 0.1) is 6.92 Å². The van der Waals surface area contributed by atoms with E-state index >= 15 is 4.39 Å². The minimum absolute atomic E-state index is 0.0207. The number of rotatable bonds is 3. The Labute approximate surface area is 264 Å². The van der Waals surface area contributed by atoms with Gasteiger partial charge in [-0.25, -0.2) is 33.9 Å². The zero-order valence-corrected chi connectivity index (χ0v) is 27.0. The summed E-state index contributed by atoms with van der Waals surface area (Å²) in [4.78, 5) is 35.7. The molecular formula is C22H27BFN9O10P2S. The maximum absolute atomic E-state index is 16.1. The molecule has 3 saturated heterocycles. The quantitative estimate of drug-likeness (QED) is 0.151. The van der Waals surface area contributed by atoms with E-state index in [1.807, 2.05) is 0 Å². The highest BCUT2D eigenvalue weighted by atomic mass is 32.7. The molecule has 8 unspecified atom stereocenters. The van der Waals surface area contributed by atoms with Crippen LogP contribution in [-0.2, 0) is 41.4 Å². The van der Waals surface area contributed by atoms with Gasteiger partial charge in [0, 0.05) is 7.11 Å². The first-order chi connectivity index (χ1) is 21.9. The number of nitrogens with two attached hydrogens (primary N) is 1. The summed E-state index contributed by atoms with van der Waals surface area (Å²) < 4.78 is 86.9. The second-order valence-corrected chi connectivity index (χ2v) is 15.7. The summed E-state index contributed by atoms with van der Waals surface area (Å²) in [6.07, 6.45) is -6.73. The lowest BCUT2D eigenvalue weighted by Crippen LogP contribution is -2.37. The van der Waals surface area contributed by atoms with Crippen molar-refractivity contribution in [3.63, 3.8) is 0 Å². The number of fused-ring (bicyclic) bond motifs is 5. The average Bonchev–Trinajstić information content (AvgIpc) is 3.75. The van der Waals surface area contributed by atoms with E-state index < -0.39 is 75.6 Å². The van der Waals surface area contributed by atoms with Gasteiger partial charge in [0.1, 0.15) is 48.2 Å². The number of methoxy groups -OCH3 is 1. The molecule has 246 valence electrons. The van der Waals surface area contributed by atoms with Gasteiger partial charge in [-0.2, -0.15) is 0 Å². The molecule has 3 N–H and O–H groups in total. The Morgan fingerprint density at radius 2 is 1.72 bits per heavy atom. The van der Waals surface area contributed by atoms with Gasteiger partial charge in [0.2, 0.25) is 0 Å². The lowest BCUT2D eigenvalue weighted by molar-refractivity contribution is -0.0577. The third-order valence-electron chi connectivity index (χ3n) is 7.75. The molecule has 4 aromatic heterocycles. The van der Waals surface area contributed by atoms with E-state index in [2.05, 4.69) is 42.2 Å². The Kier molecular flexibility index (Phi) is 8.11. The molecule has 0 aromatic carbocycles. The predicted octanol–water partition coefficient (Wildman–Crippen LogP) is 0.594. The first-order valence-electron chi connectivity index (χ1n) is 13.8. The molecule has 2 bridgehead atoms. The number of imidazole rings is 2. The standard InChI is InChI=1S/C22H27BFN9O10P2S/c1-8-30-19-13(20(34)31-8)29-7-33(19)22-16-15(37-2)10(41-22)3-38-44(23,35)42-14-9(4-39-45(36,46)43-16)40-21(11(14)24)32-6-28-12-17(25)26-5-27-18(12)32/h5-7,9-11,14-16,21-22H,3-4,23H2,1-2H3,(H,36,46)(H2,25,26,27)(H,30,31,34)/t9?,10?,11?,14?,15?,16?,21?,22?,44-,45-/m1/s1. The molecule has 10 atom stereocenters. The minimum atomic E-state index is -4.31. The first-order valence-corrected chi connectivity index (χ1v) is 18.4. The van der Waals surface area contributed by atoms with E-state index in [0.717, 1.165) is 0 Å². The number of alkyl halides is 1. The highest BCUT2D eigenvalue weighted by Crippen LogP contribution is 2.58. The smallest absolute Gasteiger partial charge is 0.382 e. The van der Waals surface area contributed by atoms with E-state index in [1.165, 1.54) is 42.8 Å². The number of aryl methyl sites for hydroxylation is 1. The maximum atomic E-state index is 16.1. The van der Waals surface area contributed by atoms with Crippen molar-refractivity contribution in [2.75, 3.05) is 26.1 Å². The van der Waals surface area contributed by atoms with Crippen LogP contribution in [0.15, 0.2) is 23.8 Å². The molecule has 3 aliphatic heterocycles. The number of hydrogen-bond donors (Lipinski definition) is 3. The lowest BCUT2D eigenvalue weighted by Gasteiger charge is -2.27. The fourth-order valence-electron chi connectivity index (χ4n) is 5.73. The lowest BCUT2D eigenvalue weighted by atomic mass is 10.1. The van der Waals surface area contributed by atoms with E-state index in [9.17, 15) is 13.9 Å². The Bertz CT molecular complexity index is 1970. The number of halogens is 1. The summed E-state index contributed by atoms with van der Waals surface area (Å²) in [7, 11) is -1.52. The summed E-state index contributed by atoms with van der Waals surface area (Å²) in [6.45, 7) is -3.68. The molecule has 3 fully saturated rings. The zero-order valence-electron chi connectivity index (χ0n) is 24.3. The van der Waals surface area contributed by atoms with Crippen molar-refractivity contribution in [3.8, 4) is 0 Å². The highest BCUT2D eigenvalue weighted by Gasteiger charge is 2.54. The number of ether oxygens (including phenoxy) is 3. The number of hydrogen-bond acceptors (Lipinski definition) is 16. The number of thiol groups is 1. The SMILES string of the molecule is B[P@@]1(=O)OCC2OC(n3cnc4c(=O)[nH]c(C)nc43)C(O[P@](=O)(S)OCC3OC(n4cnc5c(N)ncnc54)C(F)C3O1)C2OC. The monoisotopic (exact) mass is 701 g/mol. The molecule has 3 aliphatic rings. The van der Waals surface area contributed by atoms with E-state index in [1.54, 1.807) is 6.92 Å². The number of nitrogens with one attached hydrogen (secondary N) is 1. The minimum Gasteiger partial charge on any atom is -0.382 e. The third kappa shape index (κ3) is 5.59. The molecule has 7 heterocycles. The maximum Gasteiger partial charge on any atom is 0.386 e. The zero-order chi connectivity index (χ0) is 32.5. The molecular weight excluding hydrogens is 674 g/mol. The molecule has 0 amide bonds. The van der Waals surface area contributed by atoms with Gasteiger partial charge in [0.15, 0.2) is 41.3 Å². The fourth-order valence-corrected chi connectivity index (χ4v) is 8.36. The Hall–Kier alpha value is -2.78. The molecule has 0 aliphatic carbocycles. The number of aromatic nitrogens is 8. The van der Waals surface area contributed by atoms with Crippen LogP contribution in [0.4, 0.5) is 10.2 Å². The van der Waals surface area contributed by atoms with Gasteiger partial charge in [0.05, 0.1) is 25.9 Å². The third-order valence-corrected chi connectivity index (χ3v) is 10.6. The van der Waals surface area contributed by atoms with Crippen molar-refractivity contribution in [2.24, 2.45) is 0 Å². The largest absolute Gasteiger partial charge is 0.386 e. The molecule has 7 rings (SSSR count). The van der Waals surface area contributed by atoms with Crippen molar-refractivity contribution in [2.45, 2.75) is 56.1 Å². The van der Waals surface area contributed by atoms with Gasteiger partial charge in [0.25, 0.3) is 20.6 Å². The molecule has 0 radical (unpaired) electrons. The van der Waals surface area contributed by atoms with Crippen molar-refractivity contribution in [3.05, 3.63) is 35.2 Å². The van der Waals surface area contributed by atoms with E-state index in [0.29, 0.717) is 5.82 Å². The average molecular weight is 701 g/mol.